The highest BCUT2D eigenvalue weighted by atomic mass is 32.2. The van der Waals surface area contributed by atoms with E-state index in [1.54, 1.807) is 0 Å². The van der Waals surface area contributed by atoms with Gasteiger partial charge in [0.2, 0.25) is 5.56 Å². The van der Waals surface area contributed by atoms with Crippen molar-refractivity contribution in [3.63, 3.8) is 0 Å². The molecule has 2 rings (SSSR count). The van der Waals surface area contributed by atoms with Gasteiger partial charge in [0, 0.05) is 18.0 Å². The van der Waals surface area contributed by atoms with Gasteiger partial charge in [0.25, 0.3) is 10.0 Å². The molecule has 0 aliphatic carbocycles. The number of carboxylic acid groups (broad SMARTS) is 1. The summed E-state index contributed by atoms with van der Waals surface area (Å²) < 4.78 is 26.2. The molecule has 2 aromatic rings. The summed E-state index contributed by atoms with van der Waals surface area (Å²) in [6.45, 7) is 0. The van der Waals surface area contributed by atoms with E-state index in [0.717, 1.165) is 12.3 Å². The van der Waals surface area contributed by atoms with E-state index in [1.165, 1.54) is 30.3 Å². The van der Waals surface area contributed by atoms with Crippen molar-refractivity contribution in [1.82, 2.24) is 4.98 Å². The molecule has 0 aliphatic rings. The summed E-state index contributed by atoms with van der Waals surface area (Å²) in [5.41, 5.74) is -0.132. The van der Waals surface area contributed by atoms with Gasteiger partial charge in [-0.25, -0.2) is 13.2 Å². The normalized spacial score (nSPS) is 11.0. The van der Waals surface area contributed by atoms with Crippen LogP contribution in [0.25, 0.3) is 0 Å². The molecule has 1 aromatic carbocycles. The largest absolute Gasteiger partial charge is 0.478 e. The Morgan fingerprint density at radius 1 is 1.10 bits per heavy atom. The zero-order valence-corrected chi connectivity index (χ0v) is 10.8. The molecule has 0 unspecified atom stereocenters. The number of hydrogen-bond acceptors (Lipinski definition) is 4. The number of carboxylic acids is 1. The lowest BCUT2D eigenvalue weighted by atomic mass is 10.2. The zero-order chi connectivity index (χ0) is 14.8. The van der Waals surface area contributed by atoms with Gasteiger partial charge in [0.1, 0.15) is 4.90 Å². The first-order valence-corrected chi connectivity index (χ1v) is 6.92. The van der Waals surface area contributed by atoms with Crippen molar-refractivity contribution in [3.05, 3.63) is 58.5 Å². The minimum absolute atomic E-state index is 0.0528. The van der Waals surface area contributed by atoms with Crippen LogP contribution < -0.4 is 10.3 Å². The van der Waals surface area contributed by atoms with Crippen LogP contribution >= 0.6 is 0 Å². The minimum Gasteiger partial charge on any atom is -0.478 e. The van der Waals surface area contributed by atoms with Crippen molar-refractivity contribution in [2.45, 2.75) is 4.90 Å². The number of aromatic amines is 1. The summed E-state index contributed by atoms with van der Waals surface area (Å²) in [6.07, 6.45) is 1.08. The summed E-state index contributed by atoms with van der Waals surface area (Å²) in [6, 6.07) is 7.52. The lowest BCUT2D eigenvalue weighted by Crippen LogP contribution is -2.15. The number of sulfonamides is 1. The molecule has 0 fully saturated rings. The average Bonchev–Trinajstić information content (AvgIpc) is 2.39. The van der Waals surface area contributed by atoms with Crippen LogP contribution in [-0.2, 0) is 10.0 Å². The molecule has 1 heterocycles. The lowest BCUT2D eigenvalue weighted by Gasteiger charge is -2.07. The van der Waals surface area contributed by atoms with Crippen LogP contribution in [0.1, 0.15) is 10.4 Å². The van der Waals surface area contributed by atoms with Gasteiger partial charge in [0.15, 0.2) is 0 Å². The van der Waals surface area contributed by atoms with E-state index in [-0.39, 0.29) is 16.1 Å². The second-order valence-electron chi connectivity index (χ2n) is 3.88. The minimum atomic E-state index is -3.83. The molecule has 1 aromatic heterocycles. The molecule has 0 bridgehead atoms. The summed E-state index contributed by atoms with van der Waals surface area (Å²) in [4.78, 5) is 23.7. The number of aromatic carboxylic acids is 1. The van der Waals surface area contributed by atoms with Crippen molar-refractivity contribution < 1.29 is 18.3 Å². The highest BCUT2D eigenvalue weighted by Gasteiger charge is 2.14. The van der Waals surface area contributed by atoms with E-state index in [0.29, 0.717) is 0 Å². The Balaban J connectivity index is 2.26. The van der Waals surface area contributed by atoms with Gasteiger partial charge in [0.05, 0.1) is 5.56 Å². The standard InChI is InChI=1S/C12H10N2O5S/c15-11-6-5-10(7-13-11)20(18,19)14-9-3-1-8(2-4-9)12(16)17/h1-7,14H,(H,13,15)(H,16,17). The summed E-state index contributed by atoms with van der Waals surface area (Å²) >= 11 is 0. The quantitative estimate of drug-likeness (QED) is 0.773. The molecule has 0 amide bonds. The topological polar surface area (TPSA) is 116 Å². The van der Waals surface area contributed by atoms with E-state index >= 15 is 0 Å². The molecule has 7 nitrogen and oxygen atoms in total. The predicted molar refractivity (Wildman–Crippen MR) is 71.3 cm³/mol. The lowest BCUT2D eigenvalue weighted by molar-refractivity contribution is 0.0697. The van der Waals surface area contributed by atoms with Crippen LogP contribution in [0, 0.1) is 0 Å². The highest BCUT2D eigenvalue weighted by molar-refractivity contribution is 7.92. The Morgan fingerprint density at radius 3 is 2.25 bits per heavy atom. The molecule has 104 valence electrons. The van der Waals surface area contributed by atoms with Gasteiger partial charge in [-0.3, -0.25) is 9.52 Å². The Labute approximate surface area is 114 Å². The molecule has 0 radical (unpaired) electrons. The Bertz CT molecular complexity index is 773. The summed E-state index contributed by atoms with van der Waals surface area (Å²) in [5.74, 6) is -1.10. The SMILES string of the molecule is O=C(O)c1ccc(NS(=O)(=O)c2ccc(=O)[nH]c2)cc1. The van der Waals surface area contributed by atoms with Crippen molar-refractivity contribution in [3.8, 4) is 0 Å². The van der Waals surface area contributed by atoms with Crippen molar-refractivity contribution in [2.75, 3.05) is 4.72 Å². The number of aromatic nitrogens is 1. The first-order chi connectivity index (χ1) is 9.38. The maximum atomic E-state index is 12.0. The van der Waals surface area contributed by atoms with Gasteiger partial charge in [-0.1, -0.05) is 0 Å². The van der Waals surface area contributed by atoms with Crippen molar-refractivity contribution >= 4 is 21.7 Å². The Hall–Kier alpha value is -2.61. The second-order valence-corrected chi connectivity index (χ2v) is 5.56. The molecule has 20 heavy (non-hydrogen) atoms. The number of benzene rings is 1. The number of H-pyrrole nitrogens is 1. The molecule has 3 N–H and O–H groups in total. The van der Waals surface area contributed by atoms with E-state index < -0.39 is 21.6 Å². The molecule has 0 aliphatic heterocycles. The monoisotopic (exact) mass is 294 g/mol. The fourth-order valence-electron chi connectivity index (χ4n) is 1.46. The number of nitrogens with one attached hydrogen (secondary N) is 2. The maximum absolute atomic E-state index is 12.0. The maximum Gasteiger partial charge on any atom is 0.335 e. The molecule has 0 saturated carbocycles. The molecule has 8 heteroatoms. The van der Waals surface area contributed by atoms with Crippen LogP contribution in [0.5, 0.6) is 0 Å². The van der Waals surface area contributed by atoms with Gasteiger partial charge in [-0.2, -0.15) is 0 Å². The third kappa shape index (κ3) is 3.04. The molecule has 0 saturated heterocycles. The van der Waals surface area contributed by atoms with E-state index in [1.807, 2.05) is 0 Å². The Kier molecular flexibility index (Phi) is 3.57. The second kappa shape index (κ2) is 5.17. The van der Waals surface area contributed by atoms with Crippen molar-refractivity contribution in [1.29, 1.82) is 0 Å². The first-order valence-electron chi connectivity index (χ1n) is 5.43. The molecular weight excluding hydrogens is 284 g/mol. The third-order valence-electron chi connectivity index (χ3n) is 2.45. The molecular formula is C12H10N2O5S. The number of anilines is 1. The fourth-order valence-corrected chi connectivity index (χ4v) is 2.48. The van der Waals surface area contributed by atoms with Crippen LogP contribution in [-0.4, -0.2) is 24.5 Å². The smallest absolute Gasteiger partial charge is 0.335 e. The number of pyridine rings is 1. The van der Waals surface area contributed by atoms with E-state index in [9.17, 15) is 18.0 Å². The predicted octanol–water partition coefficient (Wildman–Crippen LogP) is 0.874. The number of carbonyl (C=O) groups is 1. The number of rotatable bonds is 4. The van der Waals surface area contributed by atoms with Gasteiger partial charge in [-0.15, -0.1) is 0 Å². The van der Waals surface area contributed by atoms with Crippen LogP contribution in [0.15, 0.2) is 52.3 Å². The van der Waals surface area contributed by atoms with Gasteiger partial charge >= 0.3 is 5.97 Å². The van der Waals surface area contributed by atoms with Gasteiger partial charge < -0.3 is 10.1 Å². The van der Waals surface area contributed by atoms with E-state index in [4.69, 9.17) is 5.11 Å². The van der Waals surface area contributed by atoms with Crippen molar-refractivity contribution in [2.24, 2.45) is 0 Å². The average molecular weight is 294 g/mol. The third-order valence-corrected chi connectivity index (χ3v) is 3.83. The molecule has 0 atom stereocenters. The fraction of sp³-hybridized carbons (Fsp3) is 0. The van der Waals surface area contributed by atoms with Gasteiger partial charge in [-0.05, 0) is 30.3 Å². The van der Waals surface area contributed by atoms with Crippen LogP contribution in [0.3, 0.4) is 0 Å². The first kappa shape index (κ1) is 13.8. The Morgan fingerprint density at radius 2 is 1.75 bits per heavy atom. The zero-order valence-electron chi connectivity index (χ0n) is 10.0. The van der Waals surface area contributed by atoms with Crippen LogP contribution in [0.2, 0.25) is 0 Å². The summed E-state index contributed by atoms with van der Waals surface area (Å²) in [5, 5.41) is 8.74. The van der Waals surface area contributed by atoms with Crippen LogP contribution in [0.4, 0.5) is 5.69 Å². The summed E-state index contributed by atoms with van der Waals surface area (Å²) in [7, 11) is -3.83. The number of hydrogen-bond donors (Lipinski definition) is 3. The highest BCUT2D eigenvalue weighted by Crippen LogP contribution is 2.15. The van der Waals surface area contributed by atoms with E-state index in [2.05, 4.69) is 9.71 Å². The molecule has 0 spiro atoms.